The maximum atomic E-state index is 11.9. The maximum Gasteiger partial charge on any atom is 0.227 e. The third-order valence-electron chi connectivity index (χ3n) is 4.30. The van der Waals surface area contributed by atoms with Gasteiger partial charge in [-0.3, -0.25) is 10.2 Å². The number of rotatable bonds is 5. The van der Waals surface area contributed by atoms with Crippen LogP contribution in [0, 0.1) is 0 Å². The van der Waals surface area contributed by atoms with Crippen molar-refractivity contribution in [2.24, 2.45) is 5.10 Å². The molecule has 0 saturated carbocycles. The second-order valence-electron chi connectivity index (χ2n) is 6.19. The zero-order valence-corrected chi connectivity index (χ0v) is 16.2. The summed E-state index contributed by atoms with van der Waals surface area (Å²) in [4.78, 5) is 13.8. The molecule has 0 unspecified atom stereocenters. The summed E-state index contributed by atoms with van der Waals surface area (Å²) in [6.45, 7) is 2.66. The van der Waals surface area contributed by atoms with E-state index in [9.17, 15) is 4.79 Å². The highest BCUT2D eigenvalue weighted by Gasteiger charge is 2.21. The van der Waals surface area contributed by atoms with Crippen LogP contribution >= 0.6 is 12.2 Å². The summed E-state index contributed by atoms with van der Waals surface area (Å²) in [5.41, 5.74) is 6.28. The SMILES string of the molecule is COc1cccc(NC(=S)N/N=C(/C)c2cccc(N3CCCC3=O)c2)c1. The smallest absolute Gasteiger partial charge is 0.227 e. The third-order valence-corrected chi connectivity index (χ3v) is 4.50. The van der Waals surface area contributed by atoms with E-state index in [-0.39, 0.29) is 5.91 Å². The average Bonchev–Trinajstić information content (AvgIpc) is 3.12. The van der Waals surface area contributed by atoms with Crippen molar-refractivity contribution in [3.8, 4) is 5.75 Å². The number of methoxy groups -OCH3 is 1. The first kappa shape index (κ1) is 18.8. The maximum absolute atomic E-state index is 11.9. The highest BCUT2D eigenvalue weighted by Crippen LogP contribution is 2.22. The van der Waals surface area contributed by atoms with Gasteiger partial charge in [-0.2, -0.15) is 5.10 Å². The summed E-state index contributed by atoms with van der Waals surface area (Å²) in [5, 5.41) is 7.80. The average molecular weight is 382 g/mol. The fraction of sp³-hybridized carbons (Fsp3) is 0.250. The standard InChI is InChI=1S/C20H22N4O2S/c1-14(15-6-3-8-17(12-15)24-11-5-10-19(24)25)22-23-20(27)21-16-7-4-9-18(13-16)26-2/h3-4,6-9,12-13H,5,10-11H2,1-2H3,(H2,21,23,27)/b22-14-. The monoisotopic (exact) mass is 382 g/mol. The number of carbonyl (C=O) groups is 1. The summed E-state index contributed by atoms with van der Waals surface area (Å²) < 4.78 is 5.19. The van der Waals surface area contributed by atoms with Crippen molar-refractivity contribution in [3.05, 3.63) is 54.1 Å². The van der Waals surface area contributed by atoms with Crippen molar-refractivity contribution in [3.63, 3.8) is 0 Å². The van der Waals surface area contributed by atoms with Crippen LogP contribution in [0.5, 0.6) is 5.75 Å². The summed E-state index contributed by atoms with van der Waals surface area (Å²) in [6, 6.07) is 15.3. The number of carbonyl (C=O) groups excluding carboxylic acids is 1. The van der Waals surface area contributed by atoms with Crippen LogP contribution in [-0.4, -0.2) is 30.4 Å². The van der Waals surface area contributed by atoms with Crippen LogP contribution in [-0.2, 0) is 4.79 Å². The summed E-state index contributed by atoms with van der Waals surface area (Å²) in [7, 11) is 1.62. The number of nitrogens with zero attached hydrogens (tertiary/aromatic N) is 2. The number of nitrogens with one attached hydrogen (secondary N) is 2. The molecular weight excluding hydrogens is 360 g/mol. The van der Waals surface area contributed by atoms with E-state index in [0.29, 0.717) is 11.5 Å². The molecule has 1 aliphatic rings. The largest absolute Gasteiger partial charge is 0.497 e. The number of benzene rings is 2. The molecule has 1 heterocycles. The van der Waals surface area contributed by atoms with E-state index in [4.69, 9.17) is 17.0 Å². The number of anilines is 2. The fourth-order valence-corrected chi connectivity index (χ4v) is 3.04. The van der Waals surface area contributed by atoms with E-state index in [1.165, 1.54) is 0 Å². The fourth-order valence-electron chi connectivity index (χ4n) is 2.88. The Labute approximate surface area is 164 Å². The van der Waals surface area contributed by atoms with Gasteiger partial charge in [0.25, 0.3) is 0 Å². The molecule has 1 fully saturated rings. The Kier molecular flexibility index (Phi) is 6.03. The van der Waals surface area contributed by atoms with Crippen LogP contribution in [0.25, 0.3) is 0 Å². The topological polar surface area (TPSA) is 66.0 Å². The van der Waals surface area contributed by atoms with Crippen molar-refractivity contribution < 1.29 is 9.53 Å². The Balaban J connectivity index is 1.64. The second-order valence-corrected chi connectivity index (χ2v) is 6.60. The summed E-state index contributed by atoms with van der Waals surface area (Å²) in [5.74, 6) is 0.916. The van der Waals surface area contributed by atoms with Crippen LogP contribution in [0.1, 0.15) is 25.3 Å². The molecule has 2 aromatic carbocycles. The van der Waals surface area contributed by atoms with Crippen molar-refractivity contribution in [1.29, 1.82) is 0 Å². The molecule has 3 rings (SSSR count). The van der Waals surface area contributed by atoms with E-state index in [2.05, 4.69) is 15.8 Å². The molecule has 1 saturated heterocycles. The van der Waals surface area contributed by atoms with Gasteiger partial charge in [-0.25, -0.2) is 0 Å². The molecule has 0 aromatic heterocycles. The Hall–Kier alpha value is -2.93. The first-order valence-corrected chi connectivity index (χ1v) is 9.14. The van der Waals surface area contributed by atoms with Crippen LogP contribution in [0.3, 0.4) is 0 Å². The van der Waals surface area contributed by atoms with Gasteiger partial charge < -0.3 is 15.0 Å². The molecule has 1 amide bonds. The van der Waals surface area contributed by atoms with Crippen molar-refractivity contribution >= 4 is 40.3 Å². The van der Waals surface area contributed by atoms with Crippen molar-refractivity contribution in [1.82, 2.24) is 5.43 Å². The van der Waals surface area contributed by atoms with Gasteiger partial charge in [0.1, 0.15) is 5.75 Å². The molecule has 2 N–H and O–H groups in total. The number of amides is 1. The molecule has 0 bridgehead atoms. The lowest BCUT2D eigenvalue weighted by molar-refractivity contribution is -0.117. The highest BCUT2D eigenvalue weighted by atomic mass is 32.1. The number of hydrogen-bond acceptors (Lipinski definition) is 4. The first-order valence-electron chi connectivity index (χ1n) is 8.73. The van der Waals surface area contributed by atoms with Gasteiger partial charge in [0.2, 0.25) is 5.91 Å². The Morgan fingerprint density at radius 1 is 1.22 bits per heavy atom. The first-order chi connectivity index (χ1) is 13.1. The van der Waals surface area contributed by atoms with Gasteiger partial charge in [0.05, 0.1) is 12.8 Å². The predicted octanol–water partition coefficient (Wildman–Crippen LogP) is 3.53. The lowest BCUT2D eigenvalue weighted by atomic mass is 10.1. The zero-order valence-electron chi connectivity index (χ0n) is 15.4. The van der Waals surface area contributed by atoms with E-state index in [1.54, 1.807) is 7.11 Å². The molecule has 2 aromatic rings. The Bertz CT molecular complexity index is 882. The number of ether oxygens (including phenoxy) is 1. The zero-order chi connectivity index (χ0) is 19.2. The Morgan fingerprint density at radius 3 is 2.78 bits per heavy atom. The minimum atomic E-state index is 0.170. The number of hydrogen-bond donors (Lipinski definition) is 2. The summed E-state index contributed by atoms with van der Waals surface area (Å²) in [6.07, 6.45) is 1.52. The van der Waals surface area contributed by atoms with Gasteiger partial charge >= 0.3 is 0 Å². The van der Waals surface area contributed by atoms with Crippen LogP contribution in [0.15, 0.2) is 53.6 Å². The lowest BCUT2D eigenvalue weighted by Crippen LogP contribution is -2.25. The molecule has 0 radical (unpaired) electrons. The van der Waals surface area contributed by atoms with Gasteiger partial charge in [-0.05, 0) is 55.4 Å². The normalized spacial score (nSPS) is 14.2. The van der Waals surface area contributed by atoms with Crippen molar-refractivity contribution in [2.45, 2.75) is 19.8 Å². The molecule has 0 spiro atoms. The highest BCUT2D eigenvalue weighted by molar-refractivity contribution is 7.80. The van der Waals surface area contributed by atoms with Gasteiger partial charge in [0.15, 0.2) is 5.11 Å². The van der Waals surface area contributed by atoms with E-state index in [1.807, 2.05) is 60.4 Å². The van der Waals surface area contributed by atoms with E-state index in [0.717, 1.165) is 41.4 Å². The Morgan fingerprint density at radius 2 is 2.04 bits per heavy atom. The number of hydrazone groups is 1. The predicted molar refractivity (Wildman–Crippen MR) is 113 cm³/mol. The van der Waals surface area contributed by atoms with Gasteiger partial charge in [-0.15, -0.1) is 0 Å². The molecule has 0 aliphatic carbocycles. The molecule has 140 valence electrons. The van der Waals surface area contributed by atoms with E-state index < -0.39 is 0 Å². The quantitative estimate of drug-likeness (QED) is 0.470. The van der Waals surface area contributed by atoms with Crippen LogP contribution in [0.4, 0.5) is 11.4 Å². The van der Waals surface area contributed by atoms with Crippen LogP contribution in [0.2, 0.25) is 0 Å². The lowest BCUT2D eigenvalue weighted by Gasteiger charge is -2.16. The van der Waals surface area contributed by atoms with E-state index >= 15 is 0 Å². The molecule has 7 heteroatoms. The summed E-state index contributed by atoms with van der Waals surface area (Å²) >= 11 is 5.29. The second kappa shape index (κ2) is 8.64. The minimum absolute atomic E-state index is 0.170. The number of thiocarbonyl (C=S) groups is 1. The molecule has 0 atom stereocenters. The van der Waals surface area contributed by atoms with Crippen LogP contribution < -0.4 is 20.4 Å². The minimum Gasteiger partial charge on any atom is -0.497 e. The molecule has 27 heavy (non-hydrogen) atoms. The van der Waals surface area contributed by atoms with Gasteiger partial charge in [0, 0.05) is 30.4 Å². The van der Waals surface area contributed by atoms with Gasteiger partial charge in [-0.1, -0.05) is 18.2 Å². The molecule has 6 nitrogen and oxygen atoms in total. The van der Waals surface area contributed by atoms with Crippen molar-refractivity contribution in [2.75, 3.05) is 23.9 Å². The third kappa shape index (κ3) is 4.83. The molecular formula is C20H22N4O2S. The molecule has 1 aliphatic heterocycles.